The van der Waals surface area contributed by atoms with Crippen LogP contribution in [0.2, 0.25) is 5.02 Å². The highest BCUT2D eigenvalue weighted by molar-refractivity contribution is 6.30. The summed E-state index contributed by atoms with van der Waals surface area (Å²) in [5, 5.41) is 7.61. The Morgan fingerprint density at radius 3 is 2.69 bits per heavy atom. The zero-order valence-electron chi connectivity index (χ0n) is 14.2. The Hall–Kier alpha value is -1.63. The molecule has 140 valence electrons. The van der Waals surface area contributed by atoms with Crippen molar-refractivity contribution in [3.8, 4) is 11.4 Å². The van der Waals surface area contributed by atoms with Crippen molar-refractivity contribution in [3.05, 3.63) is 35.2 Å². The molecule has 2 aliphatic carbocycles. The van der Waals surface area contributed by atoms with Gasteiger partial charge in [0.1, 0.15) is 0 Å². The van der Waals surface area contributed by atoms with E-state index in [9.17, 15) is 4.79 Å². The van der Waals surface area contributed by atoms with Gasteiger partial charge in [0.2, 0.25) is 17.6 Å². The minimum Gasteiger partial charge on any atom is -0.355 e. The summed E-state index contributed by atoms with van der Waals surface area (Å²) in [5.41, 5.74) is 7.06. The maximum Gasteiger partial charge on any atom is 0.228 e. The zero-order chi connectivity index (χ0) is 17.4. The van der Waals surface area contributed by atoms with E-state index in [2.05, 4.69) is 15.5 Å². The number of rotatable bonds is 5. The number of nitrogens with zero attached hydrogens (tertiary/aromatic N) is 2. The summed E-state index contributed by atoms with van der Waals surface area (Å²) in [6.07, 6.45) is 3.91. The van der Waals surface area contributed by atoms with Crippen molar-refractivity contribution in [2.75, 3.05) is 6.54 Å². The van der Waals surface area contributed by atoms with Gasteiger partial charge in [0.05, 0.1) is 5.92 Å². The van der Waals surface area contributed by atoms with Crippen molar-refractivity contribution in [2.24, 2.45) is 23.5 Å². The second-order valence-corrected chi connectivity index (χ2v) is 7.43. The Kier molecular flexibility index (Phi) is 5.85. The maximum atomic E-state index is 12.4. The monoisotopic (exact) mass is 396 g/mol. The highest BCUT2D eigenvalue weighted by Gasteiger charge is 2.48. The standard InChI is InChI=1S/C18H21ClN4O2.ClH/c19-13-5-3-10(4-6-13)17-22-14(25-23-17)7-8-21-18(24)15-11-1-2-12(9-11)16(15)20;/h3-6,11-12,15-16H,1-2,7-9,20H2,(H,21,24);1H. The molecule has 26 heavy (non-hydrogen) atoms. The molecule has 6 nitrogen and oxygen atoms in total. The molecule has 8 heteroatoms. The van der Waals surface area contributed by atoms with Gasteiger partial charge >= 0.3 is 0 Å². The maximum absolute atomic E-state index is 12.4. The number of carbonyl (C=O) groups excluding carboxylic acids is 1. The third kappa shape index (κ3) is 3.72. The second-order valence-electron chi connectivity index (χ2n) is 7.00. The molecule has 3 N–H and O–H groups in total. The number of carbonyl (C=O) groups is 1. The molecule has 0 saturated heterocycles. The van der Waals surface area contributed by atoms with E-state index < -0.39 is 0 Å². The molecule has 1 heterocycles. The number of fused-ring (bicyclic) bond motifs is 2. The first kappa shape index (κ1) is 19.1. The summed E-state index contributed by atoms with van der Waals surface area (Å²) in [6, 6.07) is 7.26. The van der Waals surface area contributed by atoms with Crippen LogP contribution in [0.1, 0.15) is 25.2 Å². The van der Waals surface area contributed by atoms with Crippen LogP contribution in [0, 0.1) is 17.8 Å². The number of aromatic nitrogens is 2. The van der Waals surface area contributed by atoms with Crippen LogP contribution >= 0.6 is 24.0 Å². The topological polar surface area (TPSA) is 94.0 Å². The smallest absolute Gasteiger partial charge is 0.228 e. The molecule has 4 rings (SSSR count). The Morgan fingerprint density at radius 2 is 2.00 bits per heavy atom. The number of benzene rings is 1. The molecule has 2 saturated carbocycles. The molecule has 2 aliphatic rings. The van der Waals surface area contributed by atoms with Gasteiger partial charge in [0.25, 0.3) is 0 Å². The van der Waals surface area contributed by atoms with Gasteiger partial charge in [0, 0.05) is 29.6 Å². The van der Waals surface area contributed by atoms with E-state index in [1.807, 2.05) is 12.1 Å². The summed E-state index contributed by atoms with van der Waals surface area (Å²) < 4.78 is 5.26. The lowest BCUT2D eigenvalue weighted by atomic mass is 9.84. The van der Waals surface area contributed by atoms with Crippen LogP contribution in [0.4, 0.5) is 0 Å². The van der Waals surface area contributed by atoms with Gasteiger partial charge in [-0.3, -0.25) is 4.79 Å². The molecule has 0 radical (unpaired) electrons. The molecule has 1 amide bonds. The lowest BCUT2D eigenvalue weighted by Gasteiger charge is -2.26. The van der Waals surface area contributed by atoms with E-state index in [1.54, 1.807) is 12.1 Å². The van der Waals surface area contributed by atoms with Gasteiger partial charge in [-0.1, -0.05) is 16.8 Å². The average Bonchev–Trinajstić information content (AvgIpc) is 3.31. The summed E-state index contributed by atoms with van der Waals surface area (Å²) in [6.45, 7) is 0.474. The Morgan fingerprint density at radius 1 is 1.27 bits per heavy atom. The molecular weight excluding hydrogens is 375 g/mol. The lowest BCUT2D eigenvalue weighted by molar-refractivity contribution is -0.127. The third-order valence-corrected chi connectivity index (χ3v) is 5.74. The van der Waals surface area contributed by atoms with E-state index >= 15 is 0 Å². The zero-order valence-corrected chi connectivity index (χ0v) is 15.8. The Labute approximate surface area is 163 Å². The van der Waals surface area contributed by atoms with Crippen LogP contribution in [0.5, 0.6) is 0 Å². The molecular formula is C18H22Cl2N4O2. The van der Waals surface area contributed by atoms with Gasteiger partial charge in [-0.25, -0.2) is 0 Å². The fourth-order valence-corrected chi connectivity index (χ4v) is 4.33. The lowest BCUT2D eigenvalue weighted by Crippen LogP contribution is -2.45. The average molecular weight is 397 g/mol. The van der Waals surface area contributed by atoms with Crippen LogP contribution in [0.3, 0.4) is 0 Å². The van der Waals surface area contributed by atoms with Gasteiger partial charge in [0.15, 0.2) is 0 Å². The molecule has 1 aromatic heterocycles. The van der Waals surface area contributed by atoms with Gasteiger partial charge in [-0.15, -0.1) is 12.4 Å². The molecule has 1 aromatic carbocycles. The van der Waals surface area contributed by atoms with Crippen molar-refractivity contribution in [1.29, 1.82) is 0 Å². The number of halogens is 2. The number of amides is 1. The first-order chi connectivity index (χ1) is 12.1. The van der Waals surface area contributed by atoms with Crippen molar-refractivity contribution in [3.63, 3.8) is 0 Å². The fraction of sp³-hybridized carbons (Fsp3) is 0.500. The Balaban J connectivity index is 0.00000196. The van der Waals surface area contributed by atoms with Crippen molar-refractivity contribution in [2.45, 2.75) is 31.7 Å². The van der Waals surface area contributed by atoms with Crippen LogP contribution in [0.15, 0.2) is 28.8 Å². The molecule has 2 aromatic rings. The predicted molar refractivity (Wildman–Crippen MR) is 101 cm³/mol. The van der Waals surface area contributed by atoms with Gasteiger partial charge < -0.3 is 15.6 Å². The van der Waals surface area contributed by atoms with Crippen LogP contribution < -0.4 is 11.1 Å². The molecule has 0 spiro atoms. The SMILES string of the molecule is Cl.NC1C2CCC(C2)C1C(=O)NCCc1nc(-c2ccc(Cl)cc2)no1. The summed E-state index contributed by atoms with van der Waals surface area (Å²) >= 11 is 5.88. The number of nitrogens with two attached hydrogens (primary N) is 1. The van der Waals surface area contributed by atoms with Crippen LogP contribution in [-0.4, -0.2) is 28.6 Å². The summed E-state index contributed by atoms with van der Waals surface area (Å²) in [5.74, 6) is 2.04. The van der Waals surface area contributed by atoms with E-state index in [-0.39, 0.29) is 30.3 Å². The normalized spacial score (nSPS) is 26.5. The van der Waals surface area contributed by atoms with Gasteiger partial charge in [-0.2, -0.15) is 4.98 Å². The first-order valence-electron chi connectivity index (χ1n) is 8.73. The highest BCUT2D eigenvalue weighted by Crippen LogP contribution is 2.47. The van der Waals surface area contributed by atoms with Crippen molar-refractivity contribution < 1.29 is 9.32 Å². The third-order valence-electron chi connectivity index (χ3n) is 5.49. The van der Waals surface area contributed by atoms with Crippen molar-refractivity contribution >= 4 is 29.9 Å². The summed E-state index contributed by atoms with van der Waals surface area (Å²) in [7, 11) is 0. The number of nitrogens with one attached hydrogen (secondary N) is 1. The quantitative estimate of drug-likeness (QED) is 0.809. The number of hydrogen-bond donors (Lipinski definition) is 2. The number of hydrogen-bond acceptors (Lipinski definition) is 5. The van der Waals surface area contributed by atoms with Crippen molar-refractivity contribution in [1.82, 2.24) is 15.5 Å². The fourth-order valence-electron chi connectivity index (χ4n) is 4.21. The molecule has 4 atom stereocenters. The predicted octanol–water partition coefficient (Wildman–Crippen LogP) is 2.84. The minimum atomic E-state index is -0.0361. The van der Waals surface area contributed by atoms with E-state index in [0.717, 1.165) is 18.4 Å². The second kappa shape index (κ2) is 7.94. The highest BCUT2D eigenvalue weighted by atomic mass is 35.5. The molecule has 2 bridgehead atoms. The van der Waals surface area contributed by atoms with E-state index in [4.69, 9.17) is 21.9 Å². The van der Waals surface area contributed by atoms with E-state index in [0.29, 0.717) is 41.5 Å². The Bertz CT molecular complexity index is 763. The molecule has 0 aliphatic heterocycles. The van der Waals surface area contributed by atoms with Crippen LogP contribution in [0.25, 0.3) is 11.4 Å². The summed E-state index contributed by atoms with van der Waals surface area (Å²) in [4.78, 5) is 16.8. The van der Waals surface area contributed by atoms with E-state index in [1.165, 1.54) is 6.42 Å². The molecule has 2 fully saturated rings. The largest absolute Gasteiger partial charge is 0.355 e. The minimum absolute atomic E-state index is 0. The first-order valence-corrected chi connectivity index (χ1v) is 9.11. The van der Waals surface area contributed by atoms with Crippen LogP contribution in [-0.2, 0) is 11.2 Å². The molecule has 4 unspecified atom stereocenters. The van der Waals surface area contributed by atoms with Gasteiger partial charge in [-0.05, 0) is 55.4 Å².